The summed E-state index contributed by atoms with van der Waals surface area (Å²) in [6, 6.07) is 0. The third-order valence-corrected chi connectivity index (χ3v) is 1.76. The van der Waals surface area contributed by atoms with Crippen LogP contribution in [-0.4, -0.2) is 10.2 Å². The highest BCUT2D eigenvalue weighted by molar-refractivity contribution is 7.80. The molecule has 0 radical (unpaired) electrons. The Morgan fingerprint density at radius 1 is 1.38 bits per heavy atom. The maximum Gasteiger partial charge on any atom is 0.159 e. The van der Waals surface area contributed by atoms with Gasteiger partial charge in [0.2, 0.25) is 0 Å². The van der Waals surface area contributed by atoms with E-state index < -0.39 is 0 Å². The molecule has 1 atom stereocenters. The van der Waals surface area contributed by atoms with Crippen LogP contribution in [0.15, 0.2) is 0 Å². The molecule has 0 aliphatic rings. The van der Waals surface area contributed by atoms with E-state index in [-0.39, 0.29) is 11.0 Å². The lowest BCUT2D eigenvalue weighted by atomic mass is 9.99. The zero-order valence-electron chi connectivity index (χ0n) is 5.51. The molecule has 0 heterocycles. The van der Waals surface area contributed by atoms with Gasteiger partial charge in [-0.1, -0.05) is 20.8 Å². The lowest BCUT2D eigenvalue weighted by molar-refractivity contribution is 0.441. The Labute approximate surface area is 55.7 Å². The molecule has 0 aromatic heterocycles. The summed E-state index contributed by atoms with van der Waals surface area (Å²) in [5.41, 5.74) is 0. The quantitative estimate of drug-likeness (QED) is 0.581. The van der Waals surface area contributed by atoms with Gasteiger partial charge in [-0.2, -0.15) is 0 Å². The largest absolute Gasteiger partial charge is 0.502 e. The van der Waals surface area contributed by atoms with Gasteiger partial charge >= 0.3 is 0 Å². The van der Waals surface area contributed by atoms with Crippen molar-refractivity contribution in [3.63, 3.8) is 0 Å². The first-order chi connectivity index (χ1) is 3.55. The third kappa shape index (κ3) is 2.26. The fourth-order valence-corrected chi connectivity index (χ4v) is 0.557. The summed E-state index contributed by atoms with van der Waals surface area (Å²) in [6.45, 7) is 5.99. The summed E-state index contributed by atoms with van der Waals surface area (Å²) in [5.74, 6) is 0.609. The van der Waals surface area contributed by atoms with Crippen molar-refractivity contribution in [1.29, 1.82) is 0 Å². The van der Waals surface area contributed by atoms with Crippen LogP contribution in [-0.2, 0) is 0 Å². The molecular weight excluding hydrogens is 120 g/mol. The molecule has 0 aliphatic carbocycles. The zero-order chi connectivity index (χ0) is 6.73. The molecule has 2 heteroatoms. The van der Waals surface area contributed by atoms with Gasteiger partial charge in [-0.3, -0.25) is 0 Å². The monoisotopic (exact) mass is 132 g/mol. The number of thiocarbonyl (C=S) groups is 1. The van der Waals surface area contributed by atoms with Crippen LogP contribution in [0.3, 0.4) is 0 Å². The van der Waals surface area contributed by atoms with Gasteiger partial charge in [-0.05, 0) is 18.1 Å². The van der Waals surface area contributed by atoms with Gasteiger partial charge in [0.05, 0.1) is 0 Å². The molecule has 0 aromatic carbocycles. The highest BCUT2D eigenvalue weighted by atomic mass is 32.1. The van der Waals surface area contributed by atoms with Crippen molar-refractivity contribution in [3.8, 4) is 0 Å². The van der Waals surface area contributed by atoms with E-state index in [1.54, 1.807) is 0 Å². The smallest absolute Gasteiger partial charge is 0.159 e. The van der Waals surface area contributed by atoms with Crippen LogP contribution >= 0.6 is 12.2 Å². The topological polar surface area (TPSA) is 20.2 Å². The van der Waals surface area contributed by atoms with Gasteiger partial charge in [0.1, 0.15) is 0 Å². The van der Waals surface area contributed by atoms with E-state index in [1.807, 2.05) is 20.8 Å². The first kappa shape index (κ1) is 7.89. The average molecular weight is 132 g/mol. The summed E-state index contributed by atoms with van der Waals surface area (Å²) in [6.07, 6.45) is 0. The lowest BCUT2D eigenvalue weighted by Crippen LogP contribution is -2.13. The molecule has 8 heavy (non-hydrogen) atoms. The van der Waals surface area contributed by atoms with E-state index in [2.05, 4.69) is 12.2 Å². The molecule has 0 amide bonds. The van der Waals surface area contributed by atoms with E-state index in [0.29, 0.717) is 5.92 Å². The number of aliphatic hydroxyl groups excluding tert-OH is 1. The molecule has 0 saturated carbocycles. The molecular formula is C6H12OS. The Morgan fingerprint density at radius 2 is 1.75 bits per heavy atom. The van der Waals surface area contributed by atoms with Gasteiger partial charge in [-0.15, -0.1) is 0 Å². The van der Waals surface area contributed by atoms with Crippen LogP contribution in [0.1, 0.15) is 20.8 Å². The molecule has 0 saturated heterocycles. The van der Waals surface area contributed by atoms with E-state index in [0.717, 1.165) is 0 Å². The van der Waals surface area contributed by atoms with Crippen molar-refractivity contribution in [2.45, 2.75) is 20.8 Å². The van der Waals surface area contributed by atoms with Crippen molar-refractivity contribution >= 4 is 17.3 Å². The Hall–Kier alpha value is -0.110. The van der Waals surface area contributed by atoms with Gasteiger partial charge < -0.3 is 5.11 Å². The SMILES string of the molecule is CC(C)C(C)C(O)=S. The molecule has 0 bridgehead atoms. The normalized spacial score (nSPS) is 14.0. The van der Waals surface area contributed by atoms with Crippen molar-refractivity contribution in [2.75, 3.05) is 0 Å². The zero-order valence-corrected chi connectivity index (χ0v) is 6.33. The predicted molar refractivity (Wildman–Crippen MR) is 39.2 cm³/mol. The molecule has 0 spiro atoms. The minimum Gasteiger partial charge on any atom is -0.502 e. The van der Waals surface area contributed by atoms with E-state index in [9.17, 15) is 0 Å². The van der Waals surface area contributed by atoms with Crippen molar-refractivity contribution in [3.05, 3.63) is 0 Å². The summed E-state index contributed by atoms with van der Waals surface area (Å²) < 4.78 is 0. The van der Waals surface area contributed by atoms with Gasteiger partial charge in [0, 0.05) is 5.92 Å². The molecule has 1 unspecified atom stereocenters. The fraction of sp³-hybridized carbons (Fsp3) is 0.833. The Bertz CT molecular complexity index is 88.5. The van der Waals surface area contributed by atoms with Crippen LogP contribution in [0.4, 0.5) is 0 Å². The molecule has 0 fully saturated rings. The average Bonchev–Trinajstić information content (AvgIpc) is 1.64. The van der Waals surface area contributed by atoms with Crippen LogP contribution in [0, 0.1) is 11.8 Å². The van der Waals surface area contributed by atoms with Crippen molar-refractivity contribution in [2.24, 2.45) is 11.8 Å². The number of aliphatic hydroxyl groups is 1. The Kier molecular flexibility index (Phi) is 2.98. The van der Waals surface area contributed by atoms with Crippen molar-refractivity contribution in [1.82, 2.24) is 0 Å². The van der Waals surface area contributed by atoms with Crippen LogP contribution < -0.4 is 0 Å². The Balaban J connectivity index is 3.64. The second-order valence-corrected chi connectivity index (χ2v) is 2.79. The molecule has 0 aromatic rings. The van der Waals surface area contributed by atoms with Crippen molar-refractivity contribution < 1.29 is 5.11 Å². The first-order valence-electron chi connectivity index (χ1n) is 2.78. The first-order valence-corrected chi connectivity index (χ1v) is 3.19. The molecule has 0 aliphatic heterocycles. The molecule has 1 nitrogen and oxygen atoms in total. The number of hydrogen-bond acceptors (Lipinski definition) is 1. The third-order valence-electron chi connectivity index (χ3n) is 1.39. The summed E-state index contributed by atoms with van der Waals surface area (Å²) in [4.78, 5) is 0. The lowest BCUT2D eigenvalue weighted by Gasteiger charge is -2.10. The molecule has 1 N–H and O–H groups in total. The second kappa shape index (κ2) is 3.02. The van der Waals surface area contributed by atoms with Crippen LogP contribution in [0.5, 0.6) is 0 Å². The minimum absolute atomic E-state index is 0.125. The van der Waals surface area contributed by atoms with Gasteiger partial charge in [0.25, 0.3) is 0 Å². The standard InChI is InChI=1S/C6H12OS/c1-4(2)5(3)6(7)8/h4-5H,1-3H3,(H,7,8). The molecule has 48 valence electrons. The fourth-order valence-electron chi connectivity index (χ4n) is 0.285. The second-order valence-electron chi connectivity index (χ2n) is 2.37. The molecule has 0 rings (SSSR count). The summed E-state index contributed by atoms with van der Waals surface area (Å²) >= 11 is 4.55. The highest BCUT2D eigenvalue weighted by Crippen LogP contribution is 2.09. The van der Waals surface area contributed by atoms with Crippen LogP contribution in [0.2, 0.25) is 0 Å². The number of hydrogen-bond donors (Lipinski definition) is 1. The van der Waals surface area contributed by atoms with Gasteiger partial charge in [-0.25, -0.2) is 0 Å². The highest BCUT2D eigenvalue weighted by Gasteiger charge is 2.09. The summed E-state index contributed by atoms with van der Waals surface area (Å²) in [5, 5.41) is 8.85. The van der Waals surface area contributed by atoms with E-state index in [1.165, 1.54) is 0 Å². The van der Waals surface area contributed by atoms with Gasteiger partial charge in [0.15, 0.2) is 5.05 Å². The van der Waals surface area contributed by atoms with E-state index in [4.69, 9.17) is 5.11 Å². The Morgan fingerprint density at radius 3 is 1.75 bits per heavy atom. The minimum atomic E-state index is 0.125. The maximum atomic E-state index is 8.72. The predicted octanol–water partition coefficient (Wildman–Crippen LogP) is 2.16. The number of rotatable bonds is 2. The van der Waals surface area contributed by atoms with Crippen LogP contribution in [0.25, 0.3) is 0 Å². The summed E-state index contributed by atoms with van der Waals surface area (Å²) in [7, 11) is 0. The van der Waals surface area contributed by atoms with E-state index >= 15 is 0 Å². The maximum absolute atomic E-state index is 8.72.